The van der Waals surface area contributed by atoms with Crippen LogP contribution in [0.3, 0.4) is 0 Å². The average Bonchev–Trinajstić information content (AvgIpc) is 2.63. The minimum Gasteiger partial charge on any atom is -0.481 e. The Bertz CT molecular complexity index is 304. The van der Waals surface area contributed by atoms with Crippen LogP contribution in [0, 0.1) is 0 Å². The van der Waals surface area contributed by atoms with Crippen LogP contribution in [0.1, 0.15) is 19.3 Å². The normalized spacial score (nSPS) is 24.0. The van der Waals surface area contributed by atoms with Crippen molar-refractivity contribution in [2.45, 2.75) is 31.3 Å². The fourth-order valence-electron chi connectivity index (χ4n) is 1.55. The molecule has 0 spiro atoms. The number of amides is 1. The molecule has 7 heteroatoms. The summed E-state index contributed by atoms with van der Waals surface area (Å²) in [5, 5.41) is 22.4. The maximum Gasteiger partial charge on any atom is 0.320 e. The summed E-state index contributed by atoms with van der Waals surface area (Å²) in [4.78, 5) is 32.0. The predicted octanol–water partition coefficient (Wildman–Crippen LogP) is -1.22. The van der Waals surface area contributed by atoms with Gasteiger partial charge >= 0.3 is 11.9 Å². The molecule has 1 amide bonds. The second kappa shape index (κ2) is 5.45. The van der Waals surface area contributed by atoms with Gasteiger partial charge in [0, 0.05) is 19.0 Å². The first-order valence-electron chi connectivity index (χ1n) is 4.96. The summed E-state index contributed by atoms with van der Waals surface area (Å²) in [6, 6.07) is -0.868. The number of carbonyl (C=O) groups excluding carboxylic acids is 1. The predicted molar refractivity (Wildman–Crippen MR) is 52.8 cm³/mol. The van der Waals surface area contributed by atoms with Gasteiger partial charge in [-0.15, -0.1) is 0 Å². The summed E-state index contributed by atoms with van der Waals surface area (Å²) in [7, 11) is 0. The van der Waals surface area contributed by atoms with E-state index in [1.54, 1.807) is 0 Å². The van der Waals surface area contributed by atoms with E-state index < -0.39 is 18.0 Å². The molecule has 1 aliphatic rings. The van der Waals surface area contributed by atoms with Crippen LogP contribution < -0.4 is 10.6 Å². The Morgan fingerprint density at radius 3 is 2.44 bits per heavy atom. The number of hydrogen-bond acceptors (Lipinski definition) is 4. The summed E-state index contributed by atoms with van der Waals surface area (Å²) in [6.07, 6.45) is 0.0338. The van der Waals surface area contributed by atoms with Crippen LogP contribution in [-0.4, -0.2) is 46.7 Å². The number of hydrogen-bond donors (Lipinski definition) is 4. The van der Waals surface area contributed by atoms with Crippen LogP contribution in [0.4, 0.5) is 0 Å². The zero-order chi connectivity index (χ0) is 12.1. The molecule has 1 heterocycles. The fourth-order valence-corrected chi connectivity index (χ4v) is 1.55. The van der Waals surface area contributed by atoms with E-state index in [0.29, 0.717) is 13.0 Å². The Kier molecular flexibility index (Phi) is 4.24. The zero-order valence-electron chi connectivity index (χ0n) is 8.60. The Morgan fingerprint density at radius 1 is 1.25 bits per heavy atom. The minimum atomic E-state index is -1.02. The molecule has 0 aliphatic carbocycles. The third kappa shape index (κ3) is 3.85. The van der Waals surface area contributed by atoms with Gasteiger partial charge in [0.05, 0.1) is 6.42 Å². The molecule has 0 unspecified atom stereocenters. The van der Waals surface area contributed by atoms with E-state index in [0.717, 1.165) is 0 Å². The number of nitrogens with one attached hydrogen (secondary N) is 2. The Hall–Kier alpha value is -1.63. The van der Waals surface area contributed by atoms with Crippen molar-refractivity contribution in [3.63, 3.8) is 0 Å². The number of rotatable bonds is 5. The lowest BCUT2D eigenvalue weighted by Gasteiger charge is -2.10. The molecule has 0 aromatic rings. The van der Waals surface area contributed by atoms with Gasteiger partial charge < -0.3 is 20.8 Å². The lowest BCUT2D eigenvalue weighted by atomic mass is 10.1. The summed E-state index contributed by atoms with van der Waals surface area (Å²) in [6.45, 7) is 0.399. The van der Waals surface area contributed by atoms with E-state index in [4.69, 9.17) is 10.2 Å². The van der Waals surface area contributed by atoms with Gasteiger partial charge in [-0.25, -0.2) is 0 Å². The van der Waals surface area contributed by atoms with Crippen molar-refractivity contribution in [3.8, 4) is 0 Å². The van der Waals surface area contributed by atoms with Crippen LogP contribution in [0.2, 0.25) is 0 Å². The van der Waals surface area contributed by atoms with Crippen LogP contribution in [0.25, 0.3) is 0 Å². The van der Waals surface area contributed by atoms with E-state index in [9.17, 15) is 14.4 Å². The lowest BCUT2D eigenvalue weighted by Crippen LogP contribution is -2.36. The highest BCUT2D eigenvalue weighted by atomic mass is 16.4. The monoisotopic (exact) mass is 230 g/mol. The van der Waals surface area contributed by atoms with Crippen molar-refractivity contribution in [2.24, 2.45) is 0 Å². The summed E-state index contributed by atoms with van der Waals surface area (Å²) in [5.74, 6) is -2.33. The molecule has 4 N–H and O–H groups in total. The second-order valence-electron chi connectivity index (χ2n) is 3.69. The Balaban J connectivity index is 2.26. The molecule has 1 saturated heterocycles. The first-order valence-corrected chi connectivity index (χ1v) is 4.96. The summed E-state index contributed by atoms with van der Waals surface area (Å²) < 4.78 is 0. The summed E-state index contributed by atoms with van der Waals surface area (Å²) >= 11 is 0. The third-order valence-electron chi connectivity index (χ3n) is 2.36. The third-order valence-corrected chi connectivity index (χ3v) is 2.36. The highest BCUT2D eigenvalue weighted by Gasteiger charge is 2.29. The van der Waals surface area contributed by atoms with Crippen LogP contribution >= 0.6 is 0 Å². The van der Waals surface area contributed by atoms with Crippen LogP contribution in [-0.2, 0) is 14.4 Å². The fraction of sp³-hybridized carbons (Fsp3) is 0.667. The summed E-state index contributed by atoms with van der Waals surface area (Å²) in [5.41, 5.74) is 0. The maximum atomic E-state index is 11.2. The van der Waals surface area contributed by atoms with Gasteiger partial charge in [-0.2, -0.15) is 0 Å². The van der Waals surface area contributed by atoms with Crippen molar-refractivity contribution in [1.82, 2.24) is 10.6 Å². The van der Waals surface area contributed by atoms with Gasteiger partial charge in [0.1, 0.15) is 6.04 Å². The minimum absolute atomic E-state index is 0.0798. The van der Waals surface area contributed by atoms with Crippen molar-refractivity contribution < 1.29 is 24.6 Å². The van der Waals surface area contributed by atoms with Gasteiger partial charge in [-0.1, -0.05) is 0 Å². The Morgan fingerprint density at radius 2 is 1.94 bits per heavy atom. The van der Waals surface area contributed by atoms with E-state index in [1.165, 1.54) is 0 Å². The Labute approximate surface area is 91.8 Å². The number of carbonyl (C=O) groups is 3. The quantitative estimate of drug-likeness (QED) is 0.470. The number of aliphatic carboxylic acids is 2. The largest absolute Gasteiger partial charge is 0.481 e. The average molecular weight is 230 g/mol. The second-order valence-corrected chi connectivity index (χ2v) is 3.69. The van der Waals surface area contributed by atoms with Crippen molar-refractivity contribution in [1.29, 1.82) is 0 Å². The molecule has 0 aromatic heterocycles. The van der Waals surface area contributed by atoms with Gasteiger partial charge in [0.2, 0.25) is 5.91 Å². The van der Waals surface area contributed by atoms with E-state index in [2.05, 4.69) is 10.6 Å². The molecule has 7 nitrogen and oxygen atoms in total. The molecule has 1 rings (SSSR count). The highest BCUT2D eigenvalue weighted by Crippen LogP contribution is 2.07. The molecule has 16 heavy (non-hydrogen) atoms. The molecule has 2 atom stereocenters. The van der Waals surface area contributed by atoms with Crippen molar-refractivity contribution in [2.75, 3.05) is 6.54 Å². The van der Waals surface area contributed by atoms with Crippen LogP contribution in [0.5, 0.6) is 0 Å². The van der Waals surface area contributed by atoms with Crippen LogP contribution in [0.15, 0.2) is 0 Å². The van der Waals surface area contributed by atoms with Gasteiger partial charge in [-0.05, 0) is 6.42 Å². The van der Waals surface area contributed by atoms with Gasteiger partial charge in [-0.3, -0.25) is 14.4 Å². The highest BCUT2D eigenvalue weighted by molar-refractivity contribution is 5.81. The van der Waals surface area contributed by atoms with Gasteiger partial charge in [0.25, 0.3) is 0 Å². The molecule has 0 bridgehead atoms. The molecular formula is C9H14N2O5. The topological polar surface area (TPSA) is 116 Å². The molecule has 0 radical (unpaired) electrons. The SMILES string of the molecule is O=C(O)CCC(=O)N[C@H]1CN[C@H](C(=O)O)C1. The first kappa shape index (κ1) is 12.4. The van der Waals surface area contributed by atoms with Crippen molar-refractivity contribution >= 4 is 17.8 Å². The van der Waals surface area contributed by atoms with E-state index in [1.807, 2.05) is 0 Å². The van der Waals surface area contributed by atoms with E-state index >= 15 is 0 Å². The number of carboxylic acids is 2. The van der Waals surface area contributed by atoms with Crippen molar-refractivity contribution in [3.05, 3.63) is 0 Å². The van der Waals surface area contributed by atoms with E-state index in [-0.39, 0.29) is 24.8 Å². The standard InChI is InChI=1S/C9H14N2O5/c12-7(1-2-8(13)14)11-5-3-6(9(15)16)10-4-5/h5-6,10H,1-4H2,(H,11,12)(H,13,14)(H,15,16)/t5-,6+/m1/s1. The molecule has 1 aliphatic heterocycles. The number of carboxylic acid groups (broad SMARTS) is 2. The van der Waals surface area contributed by atoms with Gasteiger partial charge in [0.15, 0.2) is 0 Å². The first-order chi connectivity index (χ1) is 7.49. The smallest absolute Gasteiger partial charge is 0.320 e. The molecule has 0 saturated carbocycles. The molecule has 1 fully saturated rings. The molecule has 0 aromatic carbocycles. The molecular weight excluding hydrogens is 216 g/mol. The zero-order valence-corrected chi connectivity index (χ0v) is 8.60. The molecule has 90 valence electrons. The lowest BCUT2D eigenvalue weighted by molar-refractivity contribution is -0.139. The maximum absolute atomic E-state index is 11.2.